The average molecular weight is 958 g/mol. The van der Waals surface area contributed by atoms with E-state index in [1.165, 1.54) is 231 Å². The van der Waals surface area contributed by atoms with Gasteiger partial charge in [0.25, 0.3) is 7.82 Å². The summed E-state index contributed by atoms with van der Waals surface area (Å²) in [6, 6.07) is 0. The van der Waals surface area contributed by atoms with E-state index < -0.39 is 26.5 Å². The fourth-order valence-corrected chi connectivity index (χ4v) is 9.39. The Hall–Kier alpha value is -0.990. The van der Waals surface area contributed by atoms with Crippen molar-refractivity contribution in [3.05, 3.63) is 0 Å². The minimum absolute atomic E-state index is 0.0251. The summed E-state index contributed by atoms with van der Waals surface area (Å²) >= 11 is 0. The molecule has 0 amide bonds. The normalized spacial score (nSPS) is 13.2. The number of unbranched alkanes of at least 4 members (excludes halogenated alkanes) is 40. The predicted molar refractivity (Wildman–Crippen MR) is 278 cm³/mol. The van der Waals surface area contributed by atoms with Crippen LogP contribution < -0.4 is 4.89 Å². The molecule has 66 heavy (non-hydrogen) atoms. The van der Waals surface area contributed by atoms with Crippen molar-refractivity contribution in [3.8, 4) is 0 Å². The number of phosphoric ester groups is 1. The van der Waals surface area contributed by atoms with Crippen molar-refractivity contribution >= 4 is 19.8 Å². The lowest BCUT2D eigenvalue weighted by Gasteiger charge is -2.28. The van der Waals surface area contributed by atoms with E-state index in [1.54, 1.807) is 0 Å². The van der Waals surface area contributed by atoms with Gasteiger partial charge in [-0.15, -0.1) is 0 Å². The van der Waals surface area contributed by atoms with Crippen molar-refractivity contribution in [1.29, 1.82) is 0 Å². The lowest BCUT2D eigenvalue weighted by Crippen LogP contribution is -2.37. The number of hydrogen-bond acceptors (Lipinski definition) is 8. The van der Waals surface area contributed by atoms with Gasteiger partial charge in [-0.25, -0.2) is 0 Å². The molecule has 0 fully saturated rings. The molecule has 10 heteroatoms. The van der Waals surface area contributed by atoms with Crippen LogP contribution in [-0.2, 0) is 32.7 Å². The van der Waals surface area contributed by atoms with E-state index in [9.17, 15) is 19.0 Å². The molecule has 0 bridgehead atoms. The van der Waals surface area contributed by atoms with Gasteiger partial charge >= 0.3 is 11.9 Å². The maximum Gasteiger partial charge on any atom is 0.306 e. The first-order valence-electron chi connectivity index (χ1n) is 28.7. The molecule has 2 atom stereocenters. The number of nitrogens with zero attached hydrogens (tertiary/aromatic N) is 1. The van der Waals surface area contributed by atoms with Gasteiger partial charge in [0.05, 0.1) is 27.7 Å². The third-order valence-corrected chi connectivity index (χ3v) is 14.1. The van der Waals surface area contributed by atoms with Crippen LogP contribution >= 0.6 is 7.82 Å². The van der Waals surface area contributed by atoms with Crippen LogP contribution in [-0.4, -0.2) is 70.0 Å². The number of carbonyl (C=O) groups is 2. The third kappa shape index (κ3) is 52.4. The summed E-state index contributed by atoms with van der Waals surface area (Å²) < 4.78 is 34.2. The Balaban J connectivity index is 4.11. The summed E-state index contributed by atoms with van der Waals surface area (Å²) in [5, 5.41) is 0. The third-order valence-electron chi connectivity index (χ3n) is 13.1. The molecule has 0 aromatic rings. The second-order valence-electron chi connectivity index (χ2n) is 21.0. The molecular formula is C56H112NO8P. The van der Waals surface area contributed by atoms with Crippen molar-refractivity contribution < 1.29 is 42.1 Å². The molecule has 0 aliphatic heterocycles. The van der Waals surface area contributed by atoms with E-state index >= 15 is 0 Å². The van der Waals surface area contributed by atoms with Gasteiger partial charge in [-0.3, -0.25) is 14.2 Å². The van der Waals surface area contributed by atoms with Crippen molar-refractivity contribution in [1.82, 2.24) is 0 Å². The highest BCUT2D eigenvalue weighted by Crippen LogP contribution is 2.38. The standard InChI is InChI=1S/C56H112NO8P/c1-6-8-10-12-14-16-18-20-22-24-26-28-29-31-32-34-36-38-40-42-44-46-48-55(58)62-52-54(53-64-66(60,61)63-51-50-57(3,4)5)65-56(59)49-47-45-43-41-39-37-35-33-30-27-25-23-21-19-17-15-13-11-9-7-2/h54H,6-53H2,1-5H3. The van der Waals surface area contributed by atoms with E-state index in [2.05, 4.69) is 13.8 Å². The lowest BCUT2D eigenvalue weighted by atomic mass is 10.0. The Labute approximate surface area is 410 Å². The summed E-state index contributed by atoms with van der Waals surface area (Å²) in [6.07, 6.45) is 54.3. The molecule has 0 spiro atoms. The number of quaternary nitrogens is 1. The SMILES string of the molecule is CCCCCCCCCCCCCCCCCCCCCCCCC(=O)OCC(COP(=O)([O-])OCC[N+](C)(C)C)OC(=O)CCCCCCCCCCCCCCCCCCCCCC. The van der Waals surface area contributed by atoms with E-state index in [-0.39, 0.29) is 32.0 Å². The molecular weight excluding hydrogens is 846 g/mol. The first kappa shape index (κ1) is 65.0. The van der Waals surface area contributed by atoms with Crippen LogP contribution in [0.15, 0.2) is 0 Å². The van der Waals surface area contributed by atoms with Crippen molar-refractivity contribution in [3.63, 3.8) is 0 Å². The molecule has 2 unspecified atom stereocenters. The minimum atomic E-state index is -4.63. The van der Waals surface area contributed by atoms with Gasteiger partial charge in [0.2, 0.25) is 0 Å². The van der Waals surface area contributed by atoms with Crippen LogP contribution in [0.2, 0.25) is 0 Å². The highest BCUT2D eigenvalue weighted by molar-refractivity contribution is 7.45. The topological polar surface area (TPSA) is 111 Å². The zero-order chi connectivity index (χ0) is 48.5. The van der Waals surface area contributed by atoms with Gasteiger partial charge in [0.1, 0.15) is 19.8 Å². The Bertz CT molecular complexity index is 1080. The van der Waals surface area contributed by atoms with Crippen molar-refractivity contribution in [2.45, 2.75) is 302 Å². The lowest BCUT2D eigenvalue weighted by molar-refractivity contribution is -0.870. The largest absolute Gasteiger partial charge is 0.756 e. The first-order chi connectivity index (χ1) is 32.0. The van der Waals surface area contributed by atoms with Gasteiger partial charge < -0.3 is 27.9 Å². The molecule has 0 aromatic heterocycles. The van der Waals surface area contributed by atoms with Gasteiger partial charge in [-0.2, -0.15) is 0 Å². The Morgan fingerprint density at radius 3 is 0.970 bits per heavy atom. The van der Waals surface area contributed by atoms with E-state index in [4.69, 9.17) is 18.5 Å². The first-order valence-corrected chi connectivity index (χ1v) is 30.2. The van der Waals surface area contributed by atoms with Gasteiger partial charge in [0.15, 0.2) is 6.10 Å². The van der Waals surface area contributed by atoms with Crippen LogP contribution in [0.3, 0.4) is 0 Å². The van der Waals surface area contributed by atoms with Crippen LogP contribution in [0.25, 0.3) is 0 Å². The monoisotopic (exact) mass is 958 g/mol. The van der Waals surface area contributed by atoms with Gasteiger partial charge in [-0.05, 0) is 12.8 Å². The Morgan fingerprint density at radius 1 is 0.409 bits per heavy atom. The van der Waals surface area contributed by atoms with Crippen molar-refractivity contribution in [2.24, 2.45) is 0 Å². The molecule has 394 valence electrons. The average Bonchev–Trinajstić information content (AvgIpc) is 3.27. The molecule has 0 N–H and O–H groups in total. The van der Waals surface area contributed by atoms with E-state index in [0.29, 0.717) is 17.4 Å². The van der Waals surface area contributed by atoms with Gasteiger partial charge in [-0.1, -0.05) is 271 Å². The zero-order valence-corrected chi connectivity index (χ0v) is 45.6. The Kier molecular flexibility index (Phi) is 48.3. The Morgan fingerprint density at radius 2 is 0.682 bits per heavy atom. The van der Waals surface area contributed by atoms with Crippen LogP contribution in [0, 0.1) is 0 Å². The number of phosphoric acid groups is 1. The van der Waals surface area contributed by atoms with Gasteiger partial charge in [0, 0.05) is 12.8 Å². The highest BCUT2D eigenvalue weighted by Gasteiger charge is 2.22. The van der Waals surface area contributed by atoms with Crippen LogP contribution in [0.1, 0.15) is 296 Å². The molecule has 0 aromatic carbocycles. The second-order valence-corrected chi connectivity index (χ2v) is 22.4. The molecule has 9 nitrogen and oxygen atoms in total. The highest BCUT2D eigenvalue weighted by atomic mass is 31.2. The number of likely N-dealkylation sites (N-methyl/N-ethyl adjacent to an activating group) is 1. The minimum Gasteiger partial charge on any atom is -0.756 e. The number of ether oxygens (including phenoxy) is 2. The number of rotatable bonds is 54. The van der Waals surface area contributed by atoms with Crippen LogP contribution in [0.4, 0.5) is 0 Å². The summed E-state index contributed by atoms with van der Waals surface area (Å²) in [6.45, 7) is 4.31. The molecule has 0 saturated heterocycles. The van der Waals surface area contributed by atoms with Crippen molar-refractivity contribution in [2.75, 3.05) is 47.5 Å². The molecule has 0 radical (unpaired) electrons. The summed E-state index contributed by atoms with van der Waals surface area (Å²) in [4.78, 5) is 37.8. The fourth-order valence-electron chi connectivity index (χ4n) is 8.66. The zero-order valence-electron chi connectivity index (χ0n) is 44.7. The molecule has 0 rings (SSSR count). The predicted octanol–water partition coefficient (Wildman–Crippen LogP) is 16.9. The quantitative estimate of drug-likeness (QED) is 0.0256. The van der Waals surface area contributed by atoms with Crippen LogP contribution in [0.5, 0.6) is 0 Å². The van der Waals surface area contributed by atoms with E-state index in [0.717, 1.165) is 32.1 Å². The molecule has 0 heterocycles. The summed E-state index contributed by atoms with van der Waals surface area (Å²) in [5.74, 6) is -0.809. The number of hydrogen-bond donors (Lipinski definition) is 0. The number of carbonyl (C=O) groups excluding carboxylic acids is 2. The van der Waals surface area contributed by atoms with E-state index in [1.807, 2.05) is 21.1 Å². The molecule has 0 aliphatic rings. The maximum atomic E-state index is 12.8. The second kappa shape index (κ2) is 49.0. The molecule has 0 saturated carbocycles. The smallest absolute Gasteiger partial charge is 0.306 e. The summed E-state index contributed by atoms with van der Waals surface area (Å²) in [5.41, 5.74) is 0. The maximum absolute atomic E-state index is 12.8. The fraction of sp³-hybridized carbons (Fsp3) is 0.964. The summed E-state index contributed by atoms with van der Waals surface area (Å²) in [7, 11) is 1.19. The number of esters is 2. The molecule has 0 aliphatic carbocycles.